The summed E-state index contributed by atoms with van der Waals surface area (Å²) in [6, 6.07) is 7.98. The van der Waals surface area contributed by atoms with Crippen molar-refractivity contribution in [2.24, 2.45) is 0 Å². The van der Waals surface area contributed by atoms with Gasteiger partial charge in [0.1, 0.15) is 0 Å². The van der Waals surface area contributed by atoms with Gasteiger partial charge in [0.05, 0.1) is 6.04 Å². The molecule has 0 aliphatic carbocycles. The number of benzene rings is 1. The lowest BCUT2D eigenvalue weighted by atomic mass is 10.1. The molecular weight excluding hydrogens is 214 g/mol. The SMILES string of the molecule is C#CC(NC)c1cccc(Br)c1. The first-order valence-electron chi connectivity index (χ1n) is 3.67. The molecule has 1 aromatic carbocycles. The van der Waals surface area contributed by atoms with Crippen molar-refractivity contribution in [3.8, 4) is 12.3 Å². The van der Waals surface area contributed by atoms with E-state index in [2.05, 4.69) is 27.2 Å². The second-order valence-electron chi connectivity index (χ2n) is 2.44. The Balaban J connectivity index is 2.95. The van der Waals surface area contributed by atoms with Crippen LogP contribution in [0, 0.1) is 12.3 Å². The van der Waals surface area contributed by atoms with Crippen molar-refractivity contribution in [2.45, 2.75) is 6.04 Å². The molecule has 0 bridgehead atoms. The van der Waals surface area contributed by atoms with E-state index in [9.17, 15) is 0 Å². The summed E-state index contributed by atoms with van der Waals surface area (Å²) in [7, 11) is 1.85. The van der Waals surface area contributed by atoms with Crippen molar-refractivity contribution in [3.63, 3.8) is 0 Å². The molecule has 1 atom stereocenters. The van der Waals surface area contributed by atoms with Gasteiger partial charge in [0.15, 0.2) is 0 Å². The Morgan fingerprint density at radius 3 is 2.83 bits per heavy atom. The maximum Gasteiger partial charge on any atom is 0.0941 e. The van der Waals surface area contributed by atoms with Crippen LogP contribution in [0.15, 0.2) is 28.7 Å². The van der Waals surface area contributed by atoms with Gasteiger partial charge in [-0.3, -0.25) is 0 Å². The van der Waals surface area contributed by atoms with Crippen LogP contribution < -0.4 is 5.32 Å². The molecule has 0 radical (unpaired) electrons. The third kappa shape index (κ3) is 2.10. The van der Waals surface area contributed by atoms with E-state index in [1.165, 1.54) is 0 Å². The van der Waals surface area contributed by atoms with Gasteiger partial charge in [-0.25, -0.2) is 0 Å². The molecule has 0 aliphatic rings. The first-order valence-corrected chi connectivity index (χ1v) is 4.46. The zero-order valence-electron chi connectivity index (χ0n) is 6.84. The zero-order valence-corrected chi connectivity index (χ0v) is 8.43. The van der Waals surface area contributed by atoms with Gasteiger partial charge in [0, 0.05) is 4.47 Å². The molecule has 0 saturated heterocycles. The van der Waals surface area contributed by atoms with Gasteiger partial charge < -0.3 is 5.32 Å². The van der Waals surface area contributed by atoms with Crippen LogP contribution in [0.5, 0.6) is 0 Å². The average Bonchev–Trinajstić information content (AvgIpc) is 2.07. The molecule has 0 amide bonds. The van der Waals surface area contributed by atoms with Gasteiger partial charge in [-0.15, -0.1) is 6.42 Å². The van der Waals surface area contributed by atoms with Crippen LogP contribution in [0.1, 0.15) is 11.6 Å². The quantitative estimate of drug-likeness (QED) is 0.760. The topological polar surface area (TPSA) is 12.0 Å². The summed E-state index contributed by atoms with van der Waals surface area (Å²) in [5.41, 5.74) is 1.11. The lowest BCUT2D eigenvalue weighted by Crippen LogP contribution is -2.13. The van der Waals surface area contributed by atoms with Gasteiger partial charge >= 0.3 is 0 Å². The van der Waals surface area contributed by atoms with Crippen LogP contribution >= 0.6 is 15.9 Å². The van der Waals surface area contributed by atoms with E-state index in [1.54, 1.807) is 0 Å². The lowest BCUT2D eigenvalue weighted by Gasteiger charge is -2.09. The highest BCUT2D eigenvalue weighted by Crippen LogP contribution is 2.16. The molecule has 0 saturated carbocycles. The van der Waals surface area contributed by atoms with E-state index in [-0.39, 0.29) is 6.04 Å². The van der Waals surface area contributed by atoms with Gasteiger partial charge in [-0.2, -0.15) is 0 Å². The summed E-state index contributed by atoms with van der Waals surface area (Å²) in [4.78, 5) is 0. The summed E-state index contributed by atoms with van der Waals surface area (Å²) in [6.45, 7) is 0. The van der Waals surface area contributed by atoms with E-state index in [0.717, 1.165) is 10.0 Å². The lowest BCUT2D eigenvalue weighted by molar-refractivity contribution is 0.736. The fourth-order valence-corrected chi connectivity index (χ4v) is 1.45. The maximum atomic E-state index is 5.34. The maximum absolute atomic E-state index is 5.34. The van der Waals surface area contributed by atoms with E-state index in [4.69, 9.17) is 6.42 Å². The fourth-order valence-electron chi connectivity index (χ4n) is 1.03. The number of hydrogen-bond donors (Lipinski definition) is 1. The van der Waals surface area contributed by atoms with E-state index < -0.39 is 0 Å². The number of rotatable bonds is 2. The van der Waals surface area contributed by atoms with Crippen LogP contribution in [-0.2, 0) is 0 Å². The minimum atomic E-state index is 0.00231. The Labute approximate surface area is 81.3 Å². The van der Waals surface area contributed by atoms with Crippen LogP contribution in [-0.4, -0.2) is 7.05 Å². The average molecular weight is 224 g/mol. The summed E-state index contributed by atoms with van der Waals surface area (Å²) < 4.78 is 1.05. The second-order valence-corrected chi connectivity index (χ2v) is 3.36. The molecule has 12 heavy (non-hydrogen) atoms. The first kappa shape index (κ1) is 9.31. The highest BCUT2D eigenvalue weighted by atomic mass is 79.9. The molecule has 0 aliphatic heterocycles. The standard InChI is InChI=1S/C10H10BrN/c1-3-10(12-2)8-5-4-6-9(11)7-8/h1,4-7,10,12H,2H3. The van der Waals surface area contributed by atoms with Crippen LogP contribution in [0.25, 0.3) is 0 Å². The minimum absolute atomic E-state index is 0.00231. The highest BCUT2D eigenvalue weighted by molar-refractivity contribution is 9.10. The Morgan fingerprint density at radius 2 is 2.33 bits per heavy atom. The van der Waals surface area contributed by atoms with Crippen molar-refractivity contribution in [1.82, 2.24) is 5.32 Å². The molecule has 0 aromatic heterocycles. The molecular formula is C10H10BrN. The Bertz CT molecular complexity index is 301. The number of halogens is 1. The van der Waals surface area contributed by atoms with E-state index in [0.29, 0.717) is 0 Å². The minimum Gasteiger partial charge on any atom is -0.303 e. The summed E-state index contributed by atoms with van der Waals surface area (Å²) in [5.74, 6) is 2.66. The third-order valence-corrected chi connectivity index (χ3v) is 2.13. The van der Waals surface area contributed by atoms with Crippen molar-refractivity contribution < 1.29 is 0 Å². The Morgan fingerprint density at radius 1 is 1.58 bits per heavy atom. The van der Waals surface area contributed by atoms with E-state index in [1.807, 2.05) is 31.3 Å². The van der Waals surface area contributed by atoms with Crippen molar-refractivity contribution in [1.29, 1.82) is 0 Å². The van der Waals surface area contributed by atoms with Crippen molar-refractivity contribution >= 4 is 15.9 Å². The number of nitrogens with one attached hydrogen (secondary N) is 1. The molecule has 62 valence electrons. The van der Waals surface area contributed by atoms with Crippen molar-refractivity contribution in [3.05, 3.63) is 34.3 Å². The predicted octanol–water partition coefficient (Wildman–Crippen LogP) is 2.34. The zero-order chi connectivity index (χ0) is 8.97. The second kappa shape index (κ2) is 4.30. The molecule has 1 nitrogen and oxygen atoms in total. The molecule has 0 spiro atoms. The van der Waals surface area contributed by atoms with Crippen LogP contribution in [0.3, 0.4) is 0 Å². The smallest absolute Gasteiger partial charge is 0.0941 e. The van der Waals surface area contributed by atoms with Crippen molar-refractivity contribution in [2.75, 3.05) is 7.05 Å². The monoisotopic (exact) mass is 223 g/mol. The van der Waals surface area contributed by atoms with Crippen LogP contribution in [0.2, 0.25) is 0 Å². The predicted molar refractivity (Wildman–Crippen MR) is 54.8 cm³/mol. The number of hydrogen-bond acceptors (Lipinski definition) is 1. The van der Waals surface area contributed by atoms with Gasteiger partial charge in [0.25, 0.3) is 0 Å². The van der Waals surface area contributed by atoms with Crippen LogP contribution in [0.4, 0.5) is 0 Å². The normalized spacial score (nSPS) is 12.1. The summed E-state index contributed by atoms with van der Waals surface area (Å²) in [6.07, 6.45) is 5.34. The third-order valence-electron chi connectivity index (χ3n) is 1.64. The van der Waals surface area contributed by atoms with E-state index >= 15 is 0 Å². The molecule has 0 heterocycles. The molecule has 1 aromatic rings. The molecule has 2 heteroatoms. The first-order chi connectivity index (χ1) is 5.77. The summed E-state index contributed by atoms with van der Waals surface area (Å²) >= 11 is 3.39. The highest BCUT2D eigenvalue weighted by Gasteiger charge is 2.03. The largest absolute Gasteiger partial charge is 0.303 e. The van der Waals surface area contributed by atoms with Gasteiger partial charge in [-0.1, -0.05) is 34.0 Å². The van der Waals surface area contributed by atoms with Gasteiger partial charge in [-0.05, 0) is 24.7 Å². The molecule has 1 N–H and O–H groups in total. The molecule has 1 unspecified atom stereocenters. The molecule has 1 rings (SSSR count). The summed E-state index contributed by atoms with van der Waals surface area (Å²) in [5, 5.41) is 3.04. The Hall–Kier alpha value is -0.780. The van der Waals surface area contributed by atoms with Gasteiger partial charge in [0.2, 0.25) is 0 Å². The molecule has 0 fully saturated rings. The number of terminal acetylenes is 1. The fraction of sp³-hybridized carbons (Fsp3) is 0.200. The Kier molecular flexibility index (Phi) is 3.33.